The summed E-state index contributed by atoms with van der Waals surface area (Å²) in [6.45, 7) is 0. The molecular formula is C16H12OSe. The fourth-order valence-corrected chi connectivity index (χ4v) is 5.22. The summed E-state index contributed by atoms with van der Waals surface area (Å²) in [5, 5.41) is 2.76. The first-order valence-corrected chi connectivity index (χ1v) is 8.01. The van der Waals surface area contributed by atoms with Crippen LogP contribution in [0.5, 0.6) is 0 Å². The molecule has 0 fully saturated rings. The van der Waals surface area contributed by atoms with Crippen molar-refractivity contribution < 1.29 is 4.79 Å². The molecule has 0 saturated heterocycles. The van der Waals surface area contributed by atoms with Gasteiger partial charge in [0.25, 0.3) is 0 Å². The van der Waals surface area contributed by atoms with Crippen LogP contribution in [0.2, 0.25) is 0 Å². The van der Waals surface area contributed by atoms with Gasteiger partial charge in [0.2, 0.25) is 0 Å². The zero-order chi connectivity index (χ0) is 12.1. The van der Waals surface area contributed by atoms with Crippen LogP contribution in [-0.2, 0) is 6.42 Å². The summed E-state index contributed by atoms with van der Waals surface area (Å²) in [6, 6.07) is 13.1. The van der Waals surface area contributed by atoms with Crippen molar-refractivity contribution in [1.82, 2.24) is 0 Å². The number of carbonyl (C=O) groups is 1. The number of rotatable bonds is 0. The number of ketones is 1. The summed E-state index contributed by atoms with van der Waals surface area (Å²) in [7, 11) is 0. The van der Waals surface area contributed by atoms with E-state index in [1.807, 2.05) is 0 Å². The molecule has 1 nitrogen and oxygen atoms in total. The molecule has 0 saturated carbocycles. The van der Waals surface area contributed by atoms with Crippen LogP contribution >= 0.6 is 0 Å². The maximum absolute atomic E-state index is 12.0. The molecule has 0 atom stereocenters. The standard InChI is InChI=1S/C16H12OSe/c17-14-6-3-4-10-8-13-11-5-1-2-7-15(11)18-16(13)9-12(10)14/h1-2,5,7-9H,3-4,6H2. The second-order valence-electron chi connectivity index (χ2n) is 4.88. The molecule has 88 valence electrons. The molecule has 0 bridgehead atoms. The summed E-state index contributed by atoms with van der Waals surface area (Å²) in [5.41, 5.74) is 2.26. The molecule has 3 aromatic rings. The molecule has 0 spiro atoms. The summed E-state index contributed by atoms with van der Waals surface area (Å²) >= 11 is 0.374. The van der Waals surface area contributed by atoms with E-state index in [1.54, 1.807) is 0 Å². The third-order valence-electron chi connectivity index (χ3n) is 3.75. The average Bonchev–Trinajstić information content (AvgIpc) is 2.75. The van der Waals surface area contributed by atoms with Crippen molar-refractivity contribution in [3.8, 4) is 0 Å². The van der Waals surface area contributed by atoms with Gasteiger partial charge in [0.1, 0.15) is 0 Å². The molecule has 2 aromatic carbocycles. The summed E-state index contributed by atoms with van der Waals surface area (Å²) < 4.78 is 2.84. The molecule has 0 unspecified atom stereocenters. The number of hydrogen-bond acceptors (Lipinski definition) is 1. The van der Waals surface area contributed by atoms with Gasteiger partial charge in [0, 0.05) is 0 Å². The van der Waals surface area contributed by atoms with Gasteiger partial charge in [0.15, 0.2) is 0 Å². The topological polar surface area (TPSA) is 17.1 Å². The summed E-state index contributed by atoms with van der Waals surface area (Å²) in [6.07, 6.45) is 2.80. The van der Waals surface area contributed by atoms with E-state index in [9.17, 15) is 4.79 Å². The molecule has 0 radical (unpaired) electrons. The Bertz CT molecular complexity index is 782. The summed E-state index contributed by atoms with van der Waals surface area (Å²) in [5.74, 6) is 0.339. The maximum atomic E-state index is 12.0. The molecular weight excluding hydrogens is 287 g/mol. The van der Waals surface area contributed by atoms with E-state index < -0.39 is 0 Å². The van der Waals surface area contributed by atoms with Crippen LogP contribution in [0.25, 0.3) is 19.3 Å². The van der Waals surface area contributed by atoms with Crippen LogP contribution in [0.15, 0.2) is 36.4 Å². The first-order valence-electron chi connectivity index (χ1n) is 6.30. The molecule has 1 heterocycles. The summed E-state index contributed by atoms with van der Waals surface area (Å²) in [4.78, 5) is 12.0. The van der Waals surface area contributed by atoms with Gasteiger partial charge in [-0.3, -0.25) is 0 Å². The molecule has 1 aromatic heterocycles. The first kappa shape index (κ1) is 10.5. The van der Waals surface area contributed by atoms with Crippen LogP contribution in [0.1, 0.15) is 28.8 Å². The van der Waals surface area contributed by atoms with E-state index in [0.29, 0.717) is 20.3 Å². The number of fused-ring (bicyclic) bond motifs is 4. The van der Waals surface area contributed by atoms with Crippen LogP contribution in [0.4, 0.5) is 0 Å². The average molecular weight is 299 g/mol. The fraction of sp³-hybridized carbons (Fsp3) is 0.188. The van der Waals surface area contributed by atoms with E-state index in [0.717, 1.165) is 24.8 Å². The van der Waals surface area contributed by atoms with E-state index >= 15 is 0 Å². The number of Topliss-reactive ketones (excluding diaryl/α,β-unsaturated/α-hetero) is 1. The van der Waals surface area contributed by atoms with Crippen LogP contribution in [0.3, 0.4) is 0 Å². The Hall–Kier alpha value is -1.37. The van der Waals surface area contributed by atoms with E-state index in [1.165, 1.54) is 24.9 Å². The van der Waals surface area contributed by atoms with Crippen molar-refractivity contribution in [2.24, 2.45) is 0 Å². The van der Waals surface area contributed by atoms with Crippen molar-refractivity contribution in [3.63, 3.8) is 0 Å². The van der Waals surface area contributed by atoms with Gasteiger partial charge in [-0.15, -0.1) is 0 Å². The van der Waals surface area contributed by atoms with Gasteiger partial charge in [-0.05, 0) is 0 Å². The predicted molar refractivity (Wildman–Crippen MR) is 75.7 cm³/mol. The monoisotopic (exact) mass is 300 g/mol. The van der Waals surface area contributed by atoms with Crippen molar-refractivity contribution in [2.75, 3.05) is 0 Å². The van der Waals surface area contributed by atoms with Crippen molar-refractivity contribution in [3.05, 3.63) is 47.5 Å². The Morgan fingerprint density at radius 2 is 1.83 bits per heavy atom. The van der Waals surface area contributed by atoms with Gasteiger partial charge in [-0.25, -0.2) is 0 Å². The minimum atomic E-state index is 0.339. The molecule has 18 heavy (non-hydrogen) atoms. The second-order valence-corrected chi connectivity index (χ2v) is 7.15. The minimum absolute atomic E-state index is 0.339. The molecule has 2 heteroatoms. The second kappa shape index (κ2) is 3.81. The van der Waals surface area contributed by atoms with Crippen molar-refractivity contribution >= 4 is 39.6 Å². The molecule has 0 N–H and O–H groups in total. The predicted octanol–water partition coefficient (Wildman–Crippen LogP) is 3.57. The van der Waals surface area contributed by atoms with Gasteiger partial charge < -0.3 is 0 Å². The Kier molecular flexibility index (Phi) is 2.23. The number of hydrogen-bond donors (Lipinski definition) is 0. The Morgan fingerprint density at radius 3 is 2.78 bits per heavy atom. The van der Waals surface area contributed by atoms with E-state index in [2.05, 4.69) is 36.4 Å². The molecule has 0 amide bonds. The number of carbonyl (C=O) groups excluding carboxylic acids is 1. The SMILES string of the molecule is O=C1CCCc2cc3c(cc21)[se]c1ccccc13. The van der Waals surface area contributed by atoms with Crippen LogP contribution in [-0.4, -0.2) is 20.3 Å². The normalized spacial score (nSPS) is 15.2. The van der Waals surface area contributed by atoms with Gasteiger partial charge in [-0.1, -0.05) is 0 Å². The zero-order valence-electron chi connectivity index (χ0n) is 9.90. The third kappa shape index (κ3) is 1.43. The molecule has 0 aliphatic heterocycles. The quantitative estimate of drug-likeness (QED) is 0.580. The molecule has 4 rings (SSSR count). The van der Waals surface area contributed by atoms with Crippen LogP contribution < -0.4 is 0 Å². The Labute approximate surface area is 111 Å². The van der Waals surface area contributed by atoms with Crippen molar-refractivity contribution in [2.45, 2.75) is 19.3 Å². The van der Waals surface area contributed by atoms with Crippen molar-refractivity contribution in [1.29, 1.82) is 0 Å². The molecule has 1 aliphatic carbocycles. The number of aryl methyl sites for hydroxylation is 1. The molecule has 1 aliphatic rings. The Morgan fingerprint density at radius 1 is 0.944 bits per heavy atom. The number of benzene rings is 2. The van der Waals surface area contributed by atoms with Gasteiger partial charge in [0.05, 0.1) is 0 Å². The first-order chi connectivity index (χ1) is 8.83. The third-order valence-corrected chi connectivity index (χ3v) is 6.13. The van der Waals surface area contributed by atoms with E-state index in [4.69, 9.17) is 0 Å². The van der Waals surface area contributed by atoms with E-state index in [-0.39, 0.29) is 0 Å². The van der Waals surface area contributed by atoms with Gasteiger partial charge >= 0.3 is 111 Å². The van der Waals surface area contributed by atoms with Crippen LogP contribution in [0, 0.1) is 0 Å². The Balaban J connectivity index is 2.13. The fourth-order valence-electron chi connectivity index (χ4n) is 2.86. The van der Waals surface area contributed by atoms with Gasteiger partial charge in [-0.2, -0.15) is 0 Å². The zero-order valence-corrected chi connectivity index (χ0v) is 11.6.